The molecule has 1 fully saturated rings. The molecule has 0 amide bonds. The first-order chi connectivity index (χ1) is 14.3. The summed E-state index contributed by atoms with van der Waals surface area (Å²) in [6.45, 7) is 12.6. The highest BCUT2D eigenvalue weighted by atomic mass is 32.1. The second-order valence-corrected chi connectivity index (χ2v) is 10.4. The molecule has 0 radical (unpaired) electrons. The Morgan fingerprint density at radius 2 is 2.10 bits per heavy atom. The third-order valence-electron chi connectivity index (χ3n) is 6.83. The van der Waals surface area contributed by atoms with E-state index in [1.54, 1.807) is 0 Å². The van der Waals surface area contributed by atoms with Gasteiger partial charge in [-0.1, -0.05) is 6.07 Å². The number of likely N-dealkylation sites (tertiary alicyclic amines) is 1. The Morgan fingerprint density at radius 3 is 2.80 bits per heavy atom. The Morgan fingerprint density at radius 1 is 1.27 bits per heavy atom. The van der Waals surface area contributed by atoms with E-state index in [0.29, 0.717) is 0 Å². The fourth-order valence-electron chi connectivity index (χ4n) is 4.62. The largest absolute Gasteiger partial charge is 0.381 e. The van der Waals surface area contributed by atoms with Crippen LogP contribution in [0.2, 0.25) is 0 Å². The maximum absolute atomic E-state index is 6.00. The normalized spacial score (nSPS) is 20.4. The van der Waals surface area contributed by atoms with Gasteiger partial charge in [-0.2, -0.15) is 0 Å². The number of fused-ring (bicyclic) bond motifs is 1. The Bertz CT molecular complexity index is 990. The minimum Gasteiger partial charge on any atom is -0.381 e. The van der Waals surface area contributed by atoms with Crippen molar-refractivity contribution in [3.05, 3.63) is 46.9 Å². The summed E-state index contributed by atoms with van der Waals surface area (Å²) in [6, 6.07) is 6.67. The number of ether oxygens (including phenoxy) is 1. The van der Waals surface area contributed by atoms with Crippen LogP contribution in [0.5, 0.6) is 0 Å². The minimum atomic E-state index is -0.0316. The van der Waals surface area contributed by atoms with Crippen LogP contribution in [0.25, 0.3) is 10.3 Å². The van der Waals surface area contributed by atoms with Gasteiger partial charge in [0, 0.05) is 47.9 Å². The van der Waals surface area contributed by atoms with E-state index < -0.39 is 0 Å². The molecule has 6 heteroatoms. The topological polar surface area (TPSA) is 43.2 Å². The fourth-order valence-corrected chi connectivity index (χ4v) is 5.65. The molecule has 3 aromatic heterocycles. The number of imidazole rings is 1. The number of hydrogen-bond acceptors (Lipinski definition) is 5. The lowest BCUT2D eigenvalue weighted by molar-refractivity contribution is 0.0386. The molecule has 0 spiro atoms. The SMILES string of the molecule is CCOC[C@@]1(CCc2cc3c(ncn3C)s2)CCN(C(C)(C)c2ccc(C)nc2)C1. The van der Waals surface area contributed by atoms with E-state index in [2.05, 4.69) is 65.5 Å². The van der Waals surface area contributed by atoms with Crippen molar-refractivity contribution in [2.45, 2.75) is 52.5 Å². The highest BCUT2D eigenvalue weighted by Gasteiger charge is 2.43. The van der Waals surface area contributed by atoms with E-state index in [0.717, 1.165) is 49.7 Å². The van der Waals surface area contributed by atoms with Crippen LogP contribution in [-0.2, 0) is 23.7 Å². The lowest BCUT2D eigenvalue weighted by atomic mass is 9.82. The van der Waals surface area contributed by atoms with Crippen molar-refractivity contribution in [3.63, 3.8) is 0 Å². The minimum absolute atomic E-state index is 0.0316. The lowest BCUT2D eigenvalue weighted by Gasteiger charge is -2.38. The monoisotopic (exact) mass is 426 g/mol. The third kappa shape index (κ3) is 4.18. The number of aryl methyl sites for hydroxylation is 3. The second kappa shape index (κ2) is 8.40. The molecule has 1 aliphatic heterocycles. The van der Waals surface area contributed by atoms with Crippen LogP contribution in [0, 0.1) is 12.3 Å². The van der Waals surface area contributed by atoms with Crippen LogP contribution in [0.15, 0.2) is 30.7 Å². The highest BCUT2D eigenvalue weighted by molar-refractivity contribution is 7.18. The van der Waals surface area contributed by atoms with Gasteiger partial charge in [0.1, 0.15) is 4.83 Å². The summed E-state index contributed by atoms with van der Waals surface area (Å²) >= 11 is 1.83. The first-order valence-corrected chi connectivity index (χ1v) is 11.8. The van der Waals surface area contributed by atoms with Crippen LogP contribution >= 0.6 is 11.3 Å². The Kier molecular flexibility index (Phi) is 6.02. The van der Waals surface area contributed by atoms with Crippen LogP contribution in [-0.4, -0.2) is 45.7 Å². The molecule has 5 nitrogen and oxygen atoms in total. The molecule has 0 bridgehead atoms. The third-order valence-corrected chi connectivity index (χ3v) is 7.93. The quantitative estimate of drug-likeness (QED) is 0.512. The predicted molar refractivity (Wildman–Crippen MR) is 124 cm³/mol. The summed E-state index contributed by atoms with van der Waals surface area (Å²) in [5, 5.41) is 0. The predicted octanol–water partition coefficient (Wildman–Crippen LogP) is 4.93. The molecule has 4 heterocycles. The fraction of sp³-hybridized carbons (Fsp3) is 0.583. The van der Waals surface area contributed by atoms with Crippen molar-refractivity contribution in [2.75, 3.05) is 26.3 Å². The van der Waals surface area contributed by atoms with Crippen molar-refractivity contribution < 1.29 is 4.74 Å². The molecule has 1 aliphatic rings. The maximum Gasteiger partial charge on any atom is 0.141 e. The van der Waals surface area contributed by atoms with Gasteiger partial charge in [0.25, 0.3) is 0 Å². The van der Waals surface area contributed by atoms with Crippen LogP contribution < -0.4 is 0 Å². The maximum atomic E-state index is 6.00. The number of pyridine rings is 1. The smallest absolute Gasteiger partial charge is 0.141 e. The summed E-state index contributed by atoms with van der Waals surface area (Å²) in [5.41, 5.74) is 3.77. The van der Waals surface area contributed by atoms with Gasteiger partial charge in [-0.15, -0.1) is 11.3 Å². The summed E-state index contributed by atoms with van der Waals surface area (Å²) < 4.78 is 8.11. The molecule has 162 valence electrons. The van der Waals surface area contributed by atoms with E-state index >= 15 is 0 Å². The van der Waals surface area contributed by atoms with Crippen molar-refractivity contribution in [1.29, 1.82) is 0 Å². The molecule has 1 atom stereocenters. The molecular formula is C24H34N4OS. The van der Waals surface area contributed by atoms with Gasteiger partial charge in [0.2, 0.25) is 0 Å². The zero-order chi connectivity index (χ0) is 21.4. The van der Waals surface area contributed by atoms with Crippen molar-refractivity contribution in [2.24, 2.45) is 12.5 Å². The molecule has 0 saturated carbocycles. The summed E-state index contributed by atoms with van der Waals surface area (Å²) in [5.74, 6) is 0. The van der Waals surface area contributed by atoms with Crippen molar-refractivity contribution in [1.82, 2.24) is 19.4 Å². The average molecular weight is 427 g/mol. The van der Waals surface area contributed by atoms with Crippen LogP contribution in [0.4, 0.5) is 0 Å². The number of nitrogens with zero attached hydrogens (tertiary/aromatic N) is 4. The van der Waals surface area contributed by atoms with Crippen LogP contribution in [0.1, 0.15) is 49.7 Å². The molecular weight excluding hydrogens is 392 g/mol. The van der Waals surface area contributed by atoms with E-state index in [9.17, 15) is 0 Å². The molecule has 0 aromatic carbocycles. The van der Waals surface area contributed by atoms with Crippen molar-refractivity contribution >= 4 is 21.7 Å². The molecule has 4 rings (SSSR count). The van der Waals surface area contributed by atoms with E-state index in [4.69, 9.17) is 4.74 Å². The first kappa shape index (κ1) is 21.5. The molecule has 3 aromatic rings. The van der Waals surface area contributed by atoms with Gasteiger partial charge in [-0.25, -0.2) is 4.98 Å². The van der Waals surface area contributed by atoms with Gasteiger partial charge in [-0.3, -0.25) is 9.88 Å². The van der Waals surface area contributed by atoms with Crippen LogP contribution in [0.3, 0.4) is 0 Å². The molecule has 30 heavy (non-hydrogen) atoms. The number of aromatic nitrogens is 3. The van der Waals surface area contributed by atoms with Gasteiger partial charge < -0.3 is 9.30 Å². The zero-order valence-corrected chi connectivity index (χ0v) is 19.8. The van der Waals surface area contributed by atoms with Gasteiger partial charge in [-0.05, 0) is 71.2 Å². The molecule has 0 N–H and O–H groups in total. The highest BCUT2D eigenvalue weighted by Crippen LogP contribution is 2.42. The van der Waals surface area contributed by atoms with E-state index in [1.807, 2.05) is 30.8 Å². The Labute approximate surface area is 184 Å². The molecule has 0 unspecified atom stereocenters. The lowest BCUT2D eigenvalue weighted by Crippen LogP contribution is -2.42. The Balaban J connectivity index is 1.49. The average Bonchev–Trinajstić information content (AvgIpc) is 3.42. The molecule has 1 saturated heterocycles. The van der Waals surface area contributed by atoms with E-state index in [-0.39, 0.29) is 11.0 Å². The van der Waals surface area contributed by atoms with Gasteiger partial charge in [0.05, 0.1) is 18.5 Å². The Hall–Kier alpha value is -1.76. The summed E-state index contributed by atoms with van der Waals surface area (Å²) in [4.78, 5) is 14.3. The summed E-state index contributed by atoms with van der Waals surface area (Å²) in [7, 11) is 2.07. The van der Waals surface area contributed by atoms with Gasteiger partial charge in [0.15, 0.2) is 0 Å². The van der Waals surface area contributed by atoms with Gasteiger partial charge >= 0.3 is 0 Å². The second-order valence-electron chi connectivity index (χ2n) is 9.31. The standard InChI is InChI=1S/C24H34N4OS/c1-6-29-16-24(10-9-20-13-21-22(30-20)26-17-27(21)5)11-12-28(15-24)23(3,4)19-8-7-18(2)25-14-19/h7-8,13-14,17H,6,9-12,15-16H2,1-5H3/t24-/m0/s1. The zero-order valence-electron chi connectivity index (χ0n) is 18.9. The van der Waals surface area contributed by atoms with Crippen molar-refractivity contribution in [3.8, 4) is 0 Å². The molecule has 0 aliphatic carbocycles. The number of thiophene rings is 1. The first-order valence-electron chi connectivity index (χ1n) is 11.0. The number of rotatable bonds is 8. The summed E-state index contributed by atoms with van der Waals surface area (Å²) in [6.07, 6.45) is 7.37. The number of hydrogen-bond donors (Lipinski definition) is 0. The van der Waals surface area contributed by atoms with E-state index in [1.165, 1.54) is 22.4 Å².